The number of rotatable bonds is 3. The van der Waals surface area contributed by atoms with E-state index in [1.54, 1.807) is 0 Å². The van der Waals surface area contributed by atoms with E-state index in [0.29, 0.717) is 6.04 Å². The Morgan fingerprint density at radius 3 is 2.72 bits per heavy atom. The third-order valence-electron chi connectivity index (χ3n) is 3.74. The Morgan fingerprint density at radius 2 is 2.11 bits per heavy atom. The van der Waals surface area contributed by atoms with Crippen LogP contribution in [0.15, 0.2) is 0 Å². The van der Waals surface area contributed by atoms with E-state index in [2.05, 4.69) is 44.5 Å². The minimum absolute atomic E-state index is 0.124. The smallest absolute Gasteiger partial charge is 0.114 e. The lowest BCUT2D eigenvalue weighted by Crippen LogP contribution is -2.26. The molecule has 3 nitrogen and oxygen atoms in total. The van der Waals surface area contributed by atoms with Crippen LogP contribution >= 0.6 is 0 Å². The summed E-state index contributed by atoms with van der Waals surface area (Å²) in [5, 5.41) is 3.43. The van der Waals surface area contributed by atoms with Gasteiger partial charge in [0.05, 0.1) is 5.69 Å². The first-order valence-electron chi connectivity index (χ1n) is 7.26. The minimum Gasteiger partial charge on any atom is -0.328 e. The van der Waals surface area contributed by atoms with Gasteiger partial charge in [-0.15, -0.1) is 0 Å². The number of imidazole rings is 1. The maximum absolute atomic E-state index is 4.93. The van der Waals surface area contributed by atoms with Crippen molar-refractivity contribution in [2.45, 2.75) is 71.9 Å². The summed E-state index contributed by atoms with van der Waals surface area (Å²) in [4.78, 5) is 4.93. The molecule has 1 unspecified atom stereocenters. The van der Waals surface area contributed by atoms with Crippen LogP contribution in [0.3, 0.4) is 0 Å². The Morgan fingerprint density at radius 1 is 1.39 bits per heavy atom. The molecule has 1 atom stereocenters. The van der Waals surface area contributed by atoms with Crippen molar-refractivity contribution in [2.24, 2.45) is 0 Å². The summed E-state index contributed by atoms with van der Waals surface area (Å²) in [5.41, 5.74) is 2.87. The largest absolute Gasteiger partial charge is 0.328 e. The zero-order valence-corrected chi connectivity index (χ0v) is 12.5. The van der Waals surface area contributed by atoms with Crippen molar-refractivity contribution in [3.8, 4) is 0 Å². The van der Waals surface area contributed by atoms with Crippen LogP contribution in [0.25, 0.3) is 0 Å². The van der Waals surface area contributed by atoms with Crippen LogP contribution in [0.2, 0.25) is 0 Å². The summed E-state index contributed by atoms with van der Waals surface area (Å²) in [6.45, 7) is 13.4. The van der Waals surface area contributed by atoms with Crippen LogP contribution in [-0.2, 0) is 18.4 Å². The fraction of sp³-hybridized carbons (Fsp3) is 0.800. The second-order valence-corrected chi connectivity index (χ2v) is 6.51. The minimum atomic E-state index is 0.124. The second-order valence-electron chi connectivity index (χ2n) is 6.51. The predicted octanol–water partition coefficient (Wildman–Crippen LogP) is 3.19. The van der Waals surface area contributed by atoms with E-state index < -0.39 is 0 Å². The molecule has 0 saturated carbocycles. The van der Waals surface area contributed by atoms with E-state index in [9.17, 15) is 0 Å². The molecule has 2 rings (SSSR count). The Bertz CT molecular complexity index is 412. The predicted molar refractivity (Wildman–Crippen MR) is 76.0 cm³/mol. The molecule has 0 spiro atoms. The van der Waals surface area contributed by atoms with E-state index in [-0.39, 0.29) is 5.41 Å². The van der Waals surface area contributed by atoms with Gasteiger partial charge in [-0.2, -0.15) is 0 Å². The molecule has 1 aliphatic rings. The zero-order chi connectivity index (χ0) is 13.3. The van der Waals surface area contributed by atoms with E-state index in [0.717, 1.165) is 19.5 Å². The second kappa shape index (κ2) is 5.04. The number of hydrogen-bond donors (Lipinski definition) is 1. The van der Waals surface area contributed by atoms with Crippen LogP contribution in [0.5, 0.6) is 0 Å². The number of nitrogens with zero attached hydrogens (tertiary/aromatic N) is 2. The molecular formula is C15H27N3. The Kier molecular flexibility index (Phi) is 3.81. The monoisotopic (exact) mass is 249 g/mol. The molecule has 1 aliphatic heterocycles. The van der Waals surface area contributed by atoms with Crippen molar-refractivity contribution < 1.29 is 0 Å². The SMILES string of the molecule is CCCC(C)n1c(C(C)(C)C)nc2c1CCNC2. The lowest BCUT2D eigenvalue weighted by molar-refractivity contribution is 0.418. The fourth-order valence-corrected chi connectivity index (χ4v) is 2.88. The topological polar surface area (TPSA) is 29.9 Å². The highest BCUT2D eigenvalue weighted by Gasteiger charge is 2.28. The molecule has 3 heteroatoms. The first kappa shape index (κ1) is 13.6. The molecule has 18 heavy (non-hydrogen) atoms. The van der Waals surface area contributed by atoms with Gasteiger partial charge in [0.2, 0.25) is 0 Å². The van der Waals surface area contributed by atoms with Gasteiger partial charge in [-0.25, -0.2) is 4.98 Å². The molecule has 1 aromatic heterocycles. The van der Waals surface area contributed by atoms with Crippen molar-refractivity contribution >= 4 is 0 Å². The molecule has 0 fully saturated rings. The average Bonchev–Trinajstić information content (AvgIpc) is 2.68. The lowest BCUT2D eigenvalue weighted by Gasteiger charge is -2.26. The Hall–Kier alpha value is -0.830. The van der Waals surface area contributed by atoms with Crippen LogP contribution < -0.4 is 5.32 Å². The molecule has 102 valence electrons. The molecule has 0 saturated heterocycles. The number of hydrogen-bond acceptors (Lipinski definition) is 2. The molecule has 0 bridgehead atoms. The molecule has 0 aliphatic carbocycles. The van der Waals surface area contributed by atoms with Gasteiger partial charge < -0.3 is 9.88 Å². The summed E-state index contributed by atoms with van der Waals surface area (Å²) in [5.74, 6) is 1.26. The summed E-state index contributed by atoms with van der Waals surface area (Å²) >= 11 is 0. The maximum Gasteiger partial charge on any atom is 0.114 e. The van der Waals surface area contributed by atoms with Gasteiger partial charge in [-0.3, -0.25) is 0 Å². The van der Waals surface area contributed by atoms with E-state index >= 15 is 0 Å². The van der Waals surface area contributed by atoms with Crippen molar-refractivity contribution in [3.63, 3.8) is 0 Å². The number of aromatic nitrogens is 2. The molecular weight excluding hydrogens is 222 g/mol. The van der Waals surface area contributed by atoms with Gasteiger partial charge >= 0.3 is 0 Å². The molecule has 0 amide bonds. The first-order chi connectivity index (χ1) is 8.45. The van der Waals surface area contributed by atoms with E-state index in [1.807, 2.05) is 0 Å². The van der Waals surface area contributed by atoms with Crippen LogP contribution in [-0.4, -0.2) is 16.1 Å². The summed E-state index contributed by atoms with van der Waals surface area (Å²) < 4.78 is 2.53. The van der Waals surface area contributed by atoms with Gasteiger partial charge in [-0.05, 0) is 13.3 Å². The molecule has 0 radical (unpaired) electrons. The van der Waals surface area contributed by atoms with Gasteiger partial charge in [-0.1, -0.05) is 34.1 Å². The number of nitrogens with one attached hydrogen (secondary N) is 1. The van der Waals surface area contributed by atoms with Crippen LogP contribution in [0, 0.1) is 0 Å². The lowest BCUT2D eigenvalue weighted by atomic mass is 9.95. The molecule has 0 aromatic carbocycles. The zero-order valence-electron chi connectivity index (χ0n) is 12.5. The first-order valence-corrected chi connectivity index (χ1v) is 7.26. The van der Waals surface area contributed by atoms with Gasteiger partial charge in [0.25, 0.3) is 0 Å². The van der Waals surface area contributed by atoms with Crippen molar-refractivity contribution in [3.05, 3.63) is 17.2 Å². The van der Waals surface area contributed by atoms with Crippen molar-refractivity contribution in [1.82, 2.24) is 14.9 Å². The quantitative estimate of drug-likeness (QED) is 0.891. The summed E-state index contributed by atoms with van der Waals surface area (Å²) in [6.07, 6.45) is 3.59. The normalized spacial score (nSPS) is 17.6. The number of fused-ring (bicyclic) bond motifs is 1. The highest BCUT2D eigenvalue weighted by Crippen LogP contribution is 2.30. The fourth-order valence-electron chi connectivity index (χ4n) is 2.88. The third-order valence-corrected chi connectivity index (χ3v) is 3.74. The maximum atomic E-state index is 4.93. The molecule has 1 N–H and O–H groups in total. The van der Waals surface area contributed by atoms with Crippen molar-refractivity contribution in [1.29, 1.82) is 0 Å². The third kappa shape index (κ3) is 2.46. The average molecular weight is 249 g/mol. The van der Waals surface area contributed by atoms with E-state index in [4.69, 9.17) is 4.98 Å². The Balaban J connectivity index is 2.48. The van der Waals surface area contributed by atoms with Gasteiger partial charge in [0.1, 0.15) is 5.82 Å². The standard InChI is InChI=1S/C15H27N3/c1-6-7-11(2)18-13-8-9-16-10-12(13)17-14(18)15(3,4)5/h11,16H,6-10H2,1-5H3. The Labute approximate surface area is 111 Å². The van der Waals surface area contributed by atoms with Gasteiger partial charge in [0, 0.05) is 36.7 Å². The molecule has 2 heterocycles. The molecule has 1 aromatic rings. The highest BCUT2D eigenvalue weighted by atomic mass is 15.1. The summed E-state index contributed by atoms with van der Waals surface area (Å²) in [6, 6.07) is 0.568. The van der Waals surface area contributed by atoms with Gasteiger partial charge in [0.15, 0.2) is 0 Å². The van der Waals surface area contributed by atoms with Crippen molar-refractivity contribution in [2.75, 3.05) is 6.54 Å². The van der Waals surface area contributed by atoms with Crippen LogP contribution in [0.1, 0.15) is 70.7 Å². The van der Waals surface area contributed by atoms with E-state index in [1.165, 1.54) is 30.1 Å². The highest BCUT2D eigenvalue weighted by molar-refractivity contribution is 5.24. The van der Waals surface area contributed by atoms with Crippen LogP contribution in [0.4, 0.5) is 0 Å². The summed E-state index contributed by atoms with van der Waals surface area (Å²) in [7, 11) is 0.